The highest BCUT2D eigenvalue weighted by molar-refractivity contribution is 6.01. The summed E-state index contributed by atoms with van der Waals surface area (Å²) in [5.41, 5.74) is 3.06. The van der Waals surface area contributed by atoms with Gasteiger partial charge >= 0.3 is 6.03 Å². The van der Waals surface area contributed by atoms with Crippen molar-refractivity contribution in [3.63, 3.8) is 0 Å². The second-order valence-corrected chi connectivity index (χ2v) is 5.41. The number of rotatable bonds is 2. The van der Waals surface area contributed by atoms with Gasteiger partial charge in [-0.25, -0.2) is 4.79 Å². The average molecular weight is 314 g/mol. The molecule has 0 bridgehead atoms. The summed E-state index contributed by atoms with van der Waals surface area (Å²) in [6, 6.07) is 19.0. The van der Waals surface area contributed by atoms with Crippen LogP contribution in [0.3, 0.4) is 0 Å². The number of hydrogen-bond acceptors (Lipinski definition) is 3. The molecule has 0 aliphatic rings. The second kappa shape index (κ2) is 5.96. The molecule has 4 aromatic rings. The van der Waals surface area contributed by atoms with E-state index < -0.39 is 0 Å². The largest absolute Gasteiger partial charge is 0.323 e. The molecule has 2 aromatic carbocycles. The summed E-state index contributed by atoms with van der Waals surface area (Å²) in [6.45, 7) is 0. The number of nitrogens with one attached hydrogen (secondary N) is 2. The second-order valence-electron chi connectivity index (χ2n) is 5.41. The van der Waals surface area contributed by atoms with Crippen molar-refractivity contribution in [2.75, 3.05) is 10.6 Å². The molecule has 2 N–H and O–H groups in total. The molecule has 0 saturated carbocycles. The van der Waals surface area contributed by atoms with Gasteiger partial charge in [0.2, 0.25) is 0 Å². The molecule has 2 aromatic heterocycles. The molecule has 2 heterocycles. The van der Waals surface area contributed by atoms with Crippen LogP contribution in [0, 0.1) is 0 Å². The molecule has 0 saturated heterocycles. The van der Waals surface area contributed by atoms with Crippen LogP contribution in [0.2, 0.25) is 0 Å². The molecule has 0 atom stereocenters. The summed E-state index contributed by atoms with van der Waals surface area (Å²) < 4.78 is 0. The molecule has 24 heavy (non-hydrogen) atoms. The smallest absolute Gasteiger partial charge is 0.306 e. The molecule has 0 radical (unpaired) electrons. The summed E-state index contributed by atoms with van der Waals surface area (Å²) in [7, 11) is 0. The first-order chi connectivity index (χ1) is 11.8. The third-order valence-corrected chi connectivity index (χ3v) is 3.70. The van der Waals surface area contributed by atoms with Crippen molar-refractivity contribution in [3.8, 4) is 0 Å². The van der Waals surface area contributed by atoms with Gasteiger partial charge in [-0.1, -0.05) is 36.4 Å². The van der Waals surface area contributed by atoms with E-state index in [0.717, 1.165) is 21.8 Å². The predicted octanol–water partition coefficient (Wildman–Crippen LogP) is 4.43. The van der Waals surface area contributed by atoms with Crippen molar-refractivity contribution in [1.29, 1.82) is 0 Å². The summed E-state index contributed by atoms with van der Waals surface area (Å²) in [6.07, 6.45) is 3.28. The molecule has 5 heteroatoms. The van der Waals surface area contributed by atoms with E-state index in [0.29, 0.717) is 11.4 Å². The Kier molecular flexibility index (Phi) is 3.51. The zero-order chi connectivity index (χ0) is 16.4. The Bertz CT molecular complexity index is 962. The van der Waals surface area contributed by atoms with Crippen LogP contribution in [0.5, 0.6) is 0 Å². The van der Waals surface area contributed by atoms with Gasteiger partial charge < -0.3 is 10.6 Å². The molecule has 2 amide bonds. The quantitative estimate of drug-likeness (QED) is 0.575. The number of carbonyl (C=O) groups excluding carboxylic acids is 1. The Labute approximate surface area is 138 Å². The molecular weight excluding hydrogens is 300 g/mol. The van der Waals surface area contributed by atoms with Crippen molar-refractivity contribution >= 4 is 39.2 Å². The van der Waals surface area contributed by atoms with Crippen LogP contribution in [-0.4, -0.2) is 16.0 Å². The number of amides is 2. The van der Waals surface area contributed by atoms with E-state index in [9.17, 15) is 4.79 Å². The Hall–Kier alpha value is -3.47. The number of aromatic nitrogens is 2. The fraction of sp³-hybridized carbons (Fsp3) is 0. The molecular formula is C19H14N4O. The van der Waals surface area contributed by atoms with E-state index in [1.54, 1.807) is 12.4 Å². The van der Waals surface area contributed by atoms with E-state index in [-0.39, 0.29) is 6.03 Å². The summed E-state index contributed by atoms with van der Waals surface area (Å²) >= 11 is 0. The lowest BCUT2D eigenvalue weighted by Gasteiger charge is -2.08. The maximum atomic E-state index is 12.2. The third-order valence-electron chi connectivity index (χ3n) is 3.70. The maximum Gasteiger partial charge on any atom is 0.323 e. The predicted molar refractivity (Wildman–Crippen MR) is 96.1 cm³/mol. The normalized spacial score (nSPS) is 10.7. The van der Waals surface area contributed by atoms with Crippen molar-refractivity contribution in [1.82, 2.24) is 9.97 Å². The van der Waals surface area contributed by atoms with E-state index in [2.05, 4.69) is 20.6 Å². The highest BCUT2D eigenvalue weighted by Gasteiger charge is 2.05. The summed E-state index contributed by atoms with van der Waals surface area (Å²) in [5, 5.41) is 7.53. The highest BCUT2D eigenvalue weighted by Crippen LogP contribution is 2.18. The van der Waals surface area contributed by atoms with Gasteiger partial charge in [0.1, 0.15) is 0 Å². The number of carbonyl (C=O) groups is 1. The standard InChI is InChI=1S/C19H14N4O/c24-19(22-15-9-13-5-1-3-7-17(13)20-11-15)23-16-10-14-6-2-4-8-18(14)21-12-16/h1-12H,(H2,22,23,24). The zero-order valence-electron chi connectivity index (χ0n) is 12.7. The molecule has 5 nitrogen and oxygen atoms in total. The van der Waals surface area contributed by atoms with Crippen LogP contribution in [-0.2, 0) is 0 Å². The fourth-order valence-electron chi connectivity index (χ4n) is 2.57. The number of fused-ring (bicyclic) bond motifs is 2. The summed E-state index contributed by atoms with van der Waals surface area (Å²) in [5.74, 6) is 0. The first kappa shape index (κ1) is 14.1. The SMILES string of the molecule is O=C(Nc1cnc2ccccc2c1)Nc1cnc2ccccc2c1. The van der Waals surface area contributed by atoms with Crippen LogP contribution in [0.25, 0.3) is 21.8 Å². The van der Waals surface area contributed by atoms with Gasteiger partial charge in [-0.3, -0.25) is 9.97 Å². The molecule has 0 fully saturated rings. The minimum absolute atomic E-state index is 0.329. The number of anilines is 2. The van der Waals surface area contributed by atoms with E-state index >= 15 is 0 Å². The Morgan fingerprint density at radius 1 is 0.708 bits per heavy atom. The Morgan fingerprint density at radius 3 is 1.67 bits per heavy atom. The summed E-state index contributed by atoms with van der Waals surface area (Å²) in [4.78, 5) is 20.8. The fourth-order valence-corrected chi connectivity index (χ4v) is 2.57. The van der Waals surface area contributed by atoms with Gasteiger partial charge in [-0.15, -0.1) is 0 Å². The van der Waals surface area contributed by atoms with E-state index in [1.165, 1.54) is 0 Å². The van der Waals surface area contributed by atoms with Crippen LogP contribution in [0.1, 0.15) is 0 Å². The molecule has 0 aliphatic heterocycles. The van der Waals surface area contributed by atoms with Crippen molar-refractivity contribution in [2.45, 2.75) is 0 Å². The van der Waals surface area contributed by atoms with Gasteiger partial charge in [0.05, 0.1) is 34.8 Å². The van der Waals surface area contributed by atoms with E-state index in [4.69, 9.17) is 0 Å². The Balaban J connectivity index is 1.52. The van der Waals surface area contributed by atoms with Crippen LogP contribution < -0.4 is 10.6 Å². The number of hydrogen-bond donors (Lipinski definition) is 2. The first-order valence-electron chi connectivity index (χ1n) is 7.55. The molecule has 0 aliphatic carbocycles. The van der Waals surface area contributed by atoms with Crippen molar-refractivity contribution in [2.24, 2.45) is 0 Å². The van der Waals surface area contributed by atoms with E-state index in [1.807, 2.05) is 60.7 Å². The van der Waals surface area contributed by atoms with Gasteiger partial charge in [0.25, 0.3) is 0 Å². The average Bonchev–Trinajstić information content (AvgIpc) is 2.61. The first-order valence-corrected chi connectivity index (χ1v) is 7.55. The molecule has 4 rings (SSSR count). The topological polar surface area (TPSA) is 66.9 Å². The number of pyridine rings is 2. The monoisotopic (exact) mass is 314 g/mol. The number of benzene rings is 2. The minimum atomic E-state index is -0.329. The lowest BCUT2D eigenvalue weighted by Crippen LogP contribution is -2.19. The molecule has 116 valence electrons. The van der Waals surface area contributed by atoms with Crippen LogP contribution in [0.4, 0.5) is 16.2 Å². The van der Waals surface area contributed by atoms with Gasteiger partial charge in [0, 0.05) is 10.8 Å². The third kappa shape index (κ3) is 2.87. The van der Waals surface area contributed by atoms with Crippen molar-refractivity contribution in [3.05, 3.63) is 73.1 Å². The number of nitrogens with zero attached hydrogens (tertiary/aromatic N) is 2. The van der Waals surface area contributed by atoms with Gasteiger partial charge in [-0.2, -0.15) is 0 Å². The lowest BCUT2D eigenvalue weighted by atomic mass is 10.2. The Morgan fingerprint density at radius 2 is 1.17 bits per heavy atom. The van der Waals surface area contributed by atoms with Gasteiger partial charge in [0.15, 0.2) is 0 Å². The molecule has 0 unspecified atom stereocenters. The van der Waals surface area contributed by atoms with Crippen LogP contribution >= 0.6 is 0 Å². The number of urea groups is 1. The lowest BCUT2D eigenvalue weighted by molar-refractivity contribution is 0.262. The van der Waals surface area contributed by atoms with Crippen LogP contribution in [0.15, 0.2) is 73.1 Å². The minimum Gasteiger partial charge on any atom is -0.306 e. The molecule has 0 spiro atoms. The van der Waals surface area contributed by atoms with Gasteiger partial charge in [-0.05, 0) is 24.3 Å². The van der Waals surface area contributed by atoms with Crippen molar-refractivity contribution < 1.29 is 4.79 Å². The number of para-hydroxylation sites is 2. The maximum absolute atomic E-state index is 12.2. The zero-order valence-corrected chi connectivity index (χ0v) is 12.7. The highest BCUT2D eigenvalue weighted by atomic mass is 16.2.